The van der Waals surface area contributed by atoms with Crippen molar-refractivity contribution in [2.75, 3.05) is 10.6 Å². The molecule has 0 saturated heterocycles. The molecule has 4 nitrogen and oxygen atoms in total. The first kappa shape index (κ1) is 15.2. The minimum Gasteiger partial charge on any atom is -0.381 e. The topological polar surface area (TPSA) is 46.1 Å². The number of hydrogen-bond donors (Lipinski definition) is 2. The largest absolute Gasteiger partial charge is 0.381 e. The van der Waals surface area contributed by atoms with Crippen LogP contribution in [0.4, 0.5) is 11.4 Å². The van der Waals surface area contributed by atoms with Crippen LogP contribution in [-0.4, -0.2) is 10.5 Å². The van der Waals surface area contributed by atoms with Gasteiger partial charge in [0.25, 0.3) is 0 Å². The van der Waals surface area contributed by atoms with Crippen molar-refractivity contribution in [2.24, 2.45) is 0 Å². The van der Waals surface area contributed by atoms with Gasteiger partial charge < -0.3 is 15.2 Å². The average Bonchev–Trinajstić information content (AvgIpc) is 2.95. The fourth-order valence-corrected chi connectivity index (χ4v) is 2.13. The third kappa shape index (κ3) is 4.12. The van der Waals surface area contributed by atoms with Crippen LogP contribution in [0.1, 0.15) is 31.4 Å². The van der Waals surface area contributed by atoms with Gasteiger partial charge in [-0.3, -0.25) is 4.79 Å². The molecule has 0 fully saturated rings. The van der Waals surface area contributed by atoms with Crippen molar-refractivity contribution in [3.05, 3.63) is 47.8 Å². The summed E-state index contributed by atoms with van der Waals surface area (Å²) in [5.41, 5.74) is 4.30. The van der Waals surface area contributed by atoms with E-state index >= 15 is 0 Å². The highest BCUT2D eigenvalue weighted by Gasteiger charge is 2.04. The molecule has 0 unspecified atom stereocenters. The molecule has 0 radical (unpaired) electrons. The molecule has 21 heavy (non-hydrogen) atoms. The highest BCUT2D eigenvalue weighted by atomic mass is 16.1. The summed E-state index contributed by atoms with van der Waals surface area (Å²) >= 11 is 0. The molecule has 0 spiro atoms. The van der Waals surface area contributed by atoms with Crippen LogP contribution >= 0.6 is 0 Å². The maximum Gasteiger partial charge on any atom is 0.224 e. The first-order valence-corrected chi connectivity index (χ1v) is 7.41. The molecule has 1 heterocycles. The molecular weight excluding hydrogens is 262 g/mol. The number of aryl methyl sites for hydroxylation is 2. The number of aromatic nitrogens is 1. The van der Waals surface area contributed by atoms with Crippen molar-refractivity contribution < 1.29 is 4.79 Å². The van der Waals surface area contributed by atoms with Gasteiger partial charge in [0, 0.05) is 43.3 Å². The van der Waals surface area contributed by atoms with E-state index in [2.05, 4.69) is 47.5 Å². The Labute approximate surface area is 126 Å². The van der Waals surface area contributed by atoms with Gasteiger partial charge >= 0.3 is 0 Å². The van der Waals surface area contributed by atoms with E-state index in [9.17, 15) is 4.79 Å². The van der Waals surface area contributed by atoms with E-state index in [1.54, 1.807) is 0 Å². The zero-order valence-electron chi connectivity index (χ0n) is 12.9. The van der Waals surface area contributed by atoms with Crippen molar-refractivity contribution in [1.82, 2.24) is 4.57 Å². The molecule has 4 heteroatoms. The van der Waals surface area contributed by atoms with E-state index in [0.717, 1.165) is 24.5 Å². The summed E-state index contributed by atoms with van der Waals surface area (Å²) in [7, 11) is 0. The fraction of sp³-hybridized carbons (Fsp3) is 0.353. The summed E-state index contributed by atoms with van der Waals surface area (Å²) in [5, 5.41) is 6.32. The molecule has 0 atom stereocenters. The Morgan fingerprint density at radius 3 is 2.71 bits per heavy atom. The predicted molar refractivity (Wildman–Crippen MR) is 87.5 cm³/mol. The van der Waals surface area contributed by atoms with Crippen molar-refractivity contribution >= 4 is 17.3 Å². The molecule has 0 aliphatic carbocycles. The minimum atomic E-state index is 0.0322. The summed E-state index contributed by atoms with van der Waals surface area (Å²) in [5.74, 6) is 0.0322. The molecule has 0 aliphatic rings. The Bertz CT molecular complexity index is 616. The summed E-state index contributed by atoms with van der Waals surface area (Å²) < 4.78 is 2.15. The van der Waals surface area contributed by atoms with E-state index in [-0.39, 0.29) is 5.91 Å². The standard InChI is InChI=1S/C17H23N3O/c1-4-17(21)19-15-7-6-13(3)16(10-15)18-11-14-8-9-20(5-2)12-14/h6-10,12,18H,4-5,11H2,1-3H3,(H,19,21). The molecule has 2 aromatic rings. The Morgan fingerprint density at radius 1 is 1.24 bits per heavy atom. The number of amides is 1. The van der Waals surface area contributed by atoms with Crippen molar-refractivity contribution in [3.8, 4) is 0 Å². The van der Waals surface area contributed by atoms with Gasteiger partial charge in [-0.1, -0.05) is 13.0 Å². The number of nitrogens with zero attached hydrogens (tertiary/aromatic N) is 1. The van der Waals surface area contributed by atoms with Gasteiger partial charge in [0.05, 0.1) is 0 Å². The second-order valence-corrected chi connectivity index (χ2v) is 5.14. The molecule has 0 aliphatic heterocycles. The summed E-state index contributed by atoms with van der Waals surface area (Å²) in [6, 6.07) is 8.06. The van der Waals surface area contributed by atoms with Gasteiger partial charge in [-0.05, 0) is 43.2 Å². The van der Waals surface area contributed by atoms with Gasteiger partial charge in [0.15, 0.2) is 0 Å². The van der Waals surface area contributed by atoms with Gasteiger partial charge in [0.2, 0.25) is 5.91 Å². The van der Waals surface area contributed by atoms with E-state index in [1.807, 2.05) is 25.1 Å². The Hall–Kier alpha value is -2.23. The van der Waals surface area contributed by atoms with Crippen LogP contribution in [0.3, 0.4) is 0 Å². The zero-order chi connectivity index (χ0) is 15.2. The number of benzene rings is 1. The number of rotatable bonds is 6. The SMILES string of the molecule is CCC(=O)Nc1ccc(C)c(NCc2ccn(CC)c2)c1. The van der Waals surface area contributed by atoms with Crippen LogP contribution in [0.2, 0.25) is 0 Å². The highest BCUT2D eigenvalue weighted by molar-refractivity contribution is 5.91. The maximum absolute atomic E-state index is 11.5. The molecule has 112 valence electrons. The second-order valence-electron chi connectivity index (χ2n) is 5.14. The van der Waals surface area contributed by atoms with Crippen molar-refractivity contribution in [2.45, 2.75) is 40.3 Å². The van der Waals surface area contributed by atoms with Gasteiger partial charge in [-0.25, -0.2) is 0 Å². The van der Waals surface area contributed by atoms with Crippen LogP contribution < -0.4 is 10.6 Å². The van der Waals surface area contributed by atoms with Crippen molar-refractivity contribution in [1.29, 1.82) is 0 Å². The van der Waals surface area contributed by atoms with Gasteiger partial charge in [-0.15, -0.1) is 0 Å². The third-order valence-corrected chi connectivity index (χ3v) is 3.50. The number of carbonyl (C=O) groups excluding carboxylic acids is 1. The summed E-state index contributed by atoms with van der Waals surface area (Å²) in [6.07, 6.45) is 4.72. The monoisotopic (exact) mass is 285 g/mol. The number of carbonyl (C=O) groups is 1. The molecule has 2 rings (SSSR count). The molecule has 1 amide bonds. The van der Waals surface area contributed by atoms with Crippen LogP contribution in [-0.2, 0) is 17.9 Å². The Balaban J connectivity index is 2.04. The third-order valence-electron chi connectivity index (χ3n) is 3.50. The smallest absolute Gasteiger partial charge is 0.224 e. The lowest BCUT2D eigenvalue weighted by Gasteiger charge is -2.11. The zero-order valence-corrected chi connectivity index (χ0v) is 12.9. The Morgan fingerprint density at radius 2 is 2.05 bits per heavy atom. The molecule has 2 N–H and O–H groups in total. The number of hydrogen-bond acceptors (Lipinski definition) is 2. The van der Waals surface area contributed by atoms with E-state index in [0.29, 0.717) is 6.42 Å². The number of anilines is 2. The van der Waals surface area contributed by atoms with Crippen LogP contribution in [0, 0.1) is 6.92 Å². The van der Waals surface area contributed by atoms with E-state index < -0.39 is 0 Å². The lowest BCUT2D eigenvalue weighted by Crippen LogP contribution is -2.10. The second kappa shape index (κ2) is 6.97. The summed E-state index contributed by atoms with van der Waals surface area (Å²) in [4.78, 5) is 11.5. The van der Waals surface area contributed by atoms with Gasteiger partial charge in [0.1, 0.15) is 0 Å². The Kier molecular flexibility index (Phi) is 5.04. The molecule has 1 aromatic carbocycles. The number of nitrogens with one attached hydrogen (secondary N) is 2. The minimum absolute atomic E-state index is 0.0322. The van der Waals surface area contributed by atoms with Crippen LogP contribution in [0.25, 0.3) is 0 Å². The predicted octanol–water partition coefficient (Wildman–Crippen LogP) is 3.78. The van der Waals surface area contributed by atoms with Crippen LogP contribution in [0.5, 0.6) is 0 Å². The first-order valence-electron chi connectivity index (χ1n) is 7.41. The molecule has 0 saturated carbocycles. The normalized spacial score (nSPS) is 10.4. The van der Waals surface area contributed by atoms with Gasteiger partial charge in [-0.2, -0.15) is 0 Å². The van der Waals surface area contributed by atoms with Crippen LogP contribution in [0.15, 0.2) is 36.7 Å². The molecule has 0 bridgehead atoms. The summed E-state index contributed by atoms with van der Waals surface area (Å²) in [6.45, 7) is 7.80. The molecular formula is C17H23N3O. The average molecular weight is 285 g/mol. The maximum atomic E-state index is 11.5. The van der Waals surface area contributed by atoms with E-state index in [1.165, 1.54) is 11.1 Å². The lowest BCUT2D eigenvalue weighted by atomic mass is 10.1. The highest BCUT2D eigenvalue weighted by Crippen LogP contribution is 2.21. The lowest BCUT2D eigenvalue weighted by molar-refractivity contribution is -0.115. The fourth-order valence-electron chi connectivity index (χ4n) is 2.13. The van der Waals surface area contributed by atoms with Crippen molar-refractivity contribution in [3.63, 3.8) is 0 Å². The molecule has 1 aromatic heterocycles. The first-order chi connectivity index (χ1) is 10.1. The quantitative estimate of drug-likeness (QED) is 0.848. The van der Waals surface area contributed by atoms with E-state index in [4.69, 9.17) is 0 Å².